The molecule has 1 aromatic carbocycles. The molecule has 0 heterocycles. The quantitative estimate of drug-likeness (QED) is 0.794. The van der Waals surface area contributed by atoms with Gasteiger partial charge in [0, 0.05) is 11.0 Å². The molecule has 0 saturated heterocycles. The van der Waals surface area contributed by atoms with Crippen molar-refractivity contribution in [2.75, 3.05) is 20.3 Å². The Bertz CT molecular complexity index is 473. The Morgan fingerprint density at radius 2 is 2.10 bits per heavy atom. The largest absolute Gasteiger partial charge is 0.497 e. The fraction of sp³-hybridized carbons (Fsp3) is 0.562. The molecule has 4 nitrogen and oxygen atoms in total. The summed E-state index contributed by atoms with van der Waals surface area (Å²) in [6, 6.07) is 5.35. The summed E-state index contributed by atoms with van der Waals surface area (Å²) in [6.45, 7) is 1.09. The first kappa shape index (κ1) is 16.3. The van der Waals surface area contributed by atoms with Crippen LogP contribution in [0.3, 0.4) is 0 Å². The van der Waals surface area contributed by atoms with Crippen LogP contribution in [0.15, 0.2) is 22.7 Å². The van der Waals surface area contributed by atoms with Crippen LogP contribution in [0.2, 0.25) is 0 Å². The van der Waals surface area contributed by atoms with Crippen LogP contribution in [0.5, 0.6) is 5.75 Å². The number of amides is 1. The van der Waals surface area contributed by atoms with Crippen molar-refractivity contribution in [2.45, 2.75) is 38.2 Å². The summed E-state index contributed by atoms with van der Waals surface area (Å²) in [7, 11) is 1.59. The molecule has 1 saturated carbocycles. The summed E-state index contributed by atoms with van der Waals surface area (Å²) >= 11 is 3.38. The van der Waals surface area contributed by atoms with E-state index in [1.54, 1.807) is 13.2 Å². The highest BCUT2D eigenvalue weighted by Crippen LogP contribution is 2.22. The second-order valence-corrected chi connectivity index (χ2v) is 6.09. The highest BCUT2D eigenvalue weighted by Gasteiger charge is 2.14. The van der Waals surface area contributed by atoms with Crippen molar-refractivity contribution in [3.05, 3.63) is 28.2 Å². The maximum Gasteiger partial charge on any atom is 0.252 e. The Balaban J connectivity index is 1.76. The summed E-state index contributed by atoms with van der Waals surface area (Å²) in [5, 5.41) is 2.88. The van der Waals surface area contributed by atoms with Crippen molar-refractivity contribution < 1.29 is 14.3 Å². The van der Waals surface area contributed by atoms with Gasteiger partial charge < -0.3 is 14.8 Å². The zero-order chi connectivity index (χ0) is 15.1. The Hall–Kier alpha value is -1.07. The molecule has 0 atom stereocenters. The molecule has 116 valence electrons. The smallest absolute Gasteiger partial charge is 0.252 e. The predicted octanol–water partition coefficient (Wildman–Crippen LogP) is 3.54. The fourth-order valence-electron chi connectivity index (χ4n) is 2.52. The van der Waals surface area contributed by atoms with Crippen molar-refractivity contribution >= 4 is 21.8 Å². The molecule has 0 aromatic heterocycles. The summed E-state index contributed by atoms with van der Waals surface area (Å²) < 4.78 is 11.7. The first-order valence-corrected chi connectivity index (χ1v) is 8.23. The van der Waals surface area contributed by atoms with Crippen molar-refractivity contribution in [3.8, 4) is 5.75 Å². The first-order chi connectivity index (χ1) is 10.2. The topological polar surface area (TPSA) is 47.6 Å². The third-order valence-electron chi connectivity index (χ3n) is 3.71. The van der Waals surface area contributed by atoms with Crippen LogP contribution < -0.4 is 10.1 Å². The number of carbonyl (C=O) groups excluding carboxylic acids is 1. The predicted molar refractivity (Wildman–Crippen MR) is 85.9 cm³/mol. The minimum Gasteiger partial charge on any atom is -0.497 e. The molecular formula is C16H22BrNO3. The summed E-state index contributed by atoms with van der Waals surface area (Å²) in [4.78, 5) is 12.1. The van der Waals surface area contributed by atoms with Gasteiger partial charge in [0.1, 0.15) is 5.75 Å². The van der Waals surface area contributed by atoms with Crippen molar-refractivity contribution in [2.24, 2.45) is 0 Å². The van der Waals surface area contributed by atoms with Crippen molar-refractivity contribution in [3.63, 3.8) is 0 Å². The Labute approximate surface area is 134 Å². The Kier molecular flexibility index (Phi) is 6.51. The number of benzene rings is 1. The molecule has 5 heteroatoms. The van der Waals surface area contributed by atoms with Crippen LogP contribution in [0.4, 0.5) is 0 Å². The van der Waals surface area contributed by atoms with Crippen molar-refractivity contribution in [1.82, 2.24) is 5.32 Å². The van der Waals surface area contributed by atoms with E-state index >= 15 is 0 Å². The number of hydrogen-bond donors (Lipinski definition) is 1. The lowest BCUT2D eigenvalue weighted by Crippen LogP contribution is -2.29. The Morgan fingerprint density at radius 3 is 2.81 bits per heavy atom. The highest BCUT2D eigenvalue weighted by atomic mass is 79.9. The van der Waals surface area contributed by atoms with Crippen LogP contribution in [0, 0.1) is 0 Å². The van der Waals surface area contributed by atoms with Crippen LogP contribution in [-0.4, -0.2) is 32.3 Å². The minimum absolute atomic E-state index is 0.118. The third-order valence-corrected chi connectivity index (χ3v) is 4.40. The van der Waals surface area contributed by atoms with Crippen LogP contribution in [0.25, 0.3) is 0 Å². The Morgan fingerprint density at radius 1 is 1.33 bits per heavy atom. The van der Waals surface area contributed by atoms with Gasteiger partial charge in [-0.25, -0.2) is 0 Å². The van der Waals surface area contributed by atoms with Gasteiger partial charge in [0.2, 0.25) is 0 Å². The fourth-order valence-corrected chi connectivity index (χ4v) is 2.95. The molecule has 1 aliphatic rings. The SMILES string of the molecule is COc1ccc(Br)c(C(=O)NCCOC2CCCCC2)c1. The lowest BCUT2D eigenvalue weighted by atomic mass is 9.98. The van der Waals surface area contributed by atoms with E-state index < -0.39 is 0 Å². The number of halogens is 1. The molecule has 1 fully saturated rings. The van der Waals surface area contributed by atoms with E-state index in [9.17, 15) is 4.79 Å². The standard InChI is InChI=1S/C16H22BrNO3/c1-20-13-7-8-15(17)14(11-13)16(19)18-9-10-21-12-5-3-2-4-6-12/h7-8,11-12H,2-6,9-10H2,1H3,(H,18,19). The van der Waals surface area contributed by atoms with Crippen LogP contribution >= 0.6 is 15.9 Å². The van der Waals surface area contributed by atoms with Crippen LogP contribution in [-0.2, 0) is 4.74 Å². The van der Waals surface area contributed by atoms with E-state index in [0.29, 0.717) is 30.6 Å². The molecule has 0 radical (unpaired) electrons. The molecule has 0 aliphatic heterocycles. The molecule has 0 unspecified atom stereocenters. The average molecular weight is 356 g/mol. The number of methoxy groups -OCH3 is 1. The van der Waals surface area contributed by atoms with Gasteiger partial charge in [0.25, 0.3) is 5.91 Å². The molecule has 2 rings (SSSR count). The maximum absolute atomic E-state index is 12.1. The van der Waals surface area contributed by atoms with E-state index in [1.807, 2.05) is 12.1 Å². The second kappa shape index (κ2) is 8.39. The van der Waals surface area contributed by atoms with Gasteiger partial charge in [-0.1, -0.05) is 19.3 Å². The molecule has 0 bridgehead atoms. The van der Waals surface area contributed by atoms with Gasteiger partial charge in [0.05, 0.1) is 25.4 Å². The molecule has 1 aliphatic carbocycles. The zero-order valence-electron chi connectivity index (χ0n) is 12.4. The molecule has 0 spiro atoms. The third kappa shape index (κ3) is 5.00. The van der Waals surface area contributed by atoms with E-state index in [4.69, 9.17) is 9.47 Å². The summed E-state index contributed by atoms with van der Waals surface area (Å²) in [5.41, 5.74) is 0.576. The van der Waals surface area contributed by atoms with Gasteiger partial charge in [-0.3, -0.25) is 4.79 Å². The van der Waals surface area contributed by atoms with E-state index in [0.717, 1.165) is 17.3 Å². The summed E-state index contributed by atoms with van der Waals surface area (Å²) in [5.74, 6) is 0.551. The molecule has 21 heavy (non-hydrogen) atoms. The molecule has 1 amide bonds. The number of rotatable bonds is 6. The molecule has 1 N–H and O–H groups in total. The van der Waals surface area contributed by atoms with Gasteiger partial charge in [-0.15, -0.1) is 0 Å². The average Bonchev–Trinajstić information content (AvgIpc) is 2.53. The van der Waals surface area contributed by atoms with E-state index in [2.05, 4.69) is 21.2 Å². The molecular weight excluding hydrogens is 334 g/mol. The number of nitrogens with one attached hydrogen (secondary N) is 1. The van der Waals surface area contributed by atoms with Crippen molar-refractivity contribution in [1.29, 1.82) is 0 Å². The lowest BCUT2D eigenvalue weighted by Gasteiger charge is -2.22. The van der Waals surface area contributed by atoms with Gasteiger partial charge >= 0.3 is 0 Å². The first-order valence-electron chi connectivity index (χ1n) is 7.44. The lowest BCUT2D eigenvalue weighted by molar-refractivity contribution is 0.0299. The minimum atomic E-state index is -0.118. The zero-order valence-corrected chi connectivity index (χ0v) is 13.9. The van der Waals surface area contributed by atoms with Gasteiger partial charge in [-0.05, 0) is 47.0 Å². The number of hydrogen-bond acceptors (Lipinski definition) is 3. The van der Waals surface area contributed by atoms with Gasteiger partial charge in [-0.2, -0.15) is 0 Å². The number of ether oxygens (including phenoxy) is 2. The highest BCUT2D eigenvalue weighted by molar-refractivity contribution is 9.10. The van der Waals surface area contributed by atoms with Gasteiger partial charge in [0.15, 0.2) is 0 Å². The maximum atomic E-state index is 12.1. The summed E-state index contributed by atoms with van der Waals surface area (Å²) in [6.07, 6.45) is 6.51. The van der Waals surface area contributed by atoms with E-state index in [-0.39, 0.29) is 5.91 Å². The van der Waals surface area contributed by atoms with Crippen LogP contribution in [0.1, 0.15) is 42.5 Å². The monoisotopic (exact) mass is 355 g/mol. The normalized spacial score (nSPS) is 15.7. The van der Waals surface area contributed by atoms with E-state index in [1.165, 1.54) is 19.3 Å². The number of carbonyl (C=O) groups is 1. The molecule has 1 aromatic rings. The second-order valence-electron chi connectivity index (χ2n) is 5.23.